The van der Waals surface area contributed by atoms with Gasteiger partial charge < -0.3 is 4.98 Å². The Hall–Kier alpha value is -2.53. The normalized spacial score (nSPS) is 9.88. The van der Waals surface area contributed by atoms with Crippen LogP contribution < -0.4 is 0 Å². The van der Waals surface area contributed by atoms with Gasteiger partial charge in [-0.2, -0.15) is 0 Å². The van der Waals surface area contributed by atoms with E-state index >= 15 is 0 Å². The summed E-state index contributed by atoms with van der Waals surface area (Å²) >= 11 is 0. The van der Waals surface area contributed by atoms with Gasteiger partial charge in [0.25, 0.3) is 0 Å². The number of hydrogen-bond donors (Lipinski definition) is 1. The minimum Gasteiger partial charge on any atom is -0.346 e. The maximum atomic E-state index is 4.23. The number of nitrogens with one attached hydrogen (secondary N) is 1. The molecule has 0 bridgehead atoms. The zero-order valence-corrected chi connectivity index (χ0v) is 9.14. The van der Waals surface area contributed by atoms with E-state index in [1.54, 1.807) is 6.20 Å². The van der Waals surface area contributed by atoms with E-state index < -0.39 is 0 Å². The highest BCUT2D eigenvalue weighted by Gasteiger charge is 1.98. The third kappa shape index (κ3) is 1.91. The SMILES string of the molecule is C(#Cc1ccnc2[nH]ccc12)c1ccccc1. The molecule has 2 heteroatoms. The molecule has 2 heterocycles. The topological polar surface area (TPSA) is 28.7 Å². The van der Waals surface area contributed by atoms with Crippen molar-refractivity contribution >= 4 is 11.0 Å². The molecular formula is C15H10N2. The Bertz CT molecular complexity index is 700. The minimum absolute atomic E-state index is 0.880. The Morgan fingerprint density at radius 2 is 1.82 bits per heavy atom. The van der Waals surface area contributed by atoms with Crippen molar-refractivity contribution in [2.45, 2.75) is 0 Å². The van der Waals surface area contributed by atoms with E-state index in [-0.39, 0.29) is 0 Å². The average molecular weight is 218 g/mol. The van der Waals surface area contributed by atoms with Gasteiger partial charge in [-0.1, -0.05) is 30.0 Å². The number of pyridine rings is 1. The van der Waals surface area contributed by atoms with Crippen LogP contribution in [0.25, 0.3) is 11.0 Å². The van der Waals surface area contributed by atoms with Crippen LogP contribution >= 0.6 is 0 Å². The number of hydrogen-bond acceptors (Lipinski definition) is 1. The van der Waals surface area contributed by atoms with Crippen molar-refractivity contribution in [3.8, 4) is 11.8 Å². The summed E-state index contributed by atoms with van der Waals surface area (Å²) in [5.74, 6) is 6.33. The molecule has 0 aliphatic carbocycles. The molecular weight excluding hydrogens is 208 g/mol. The standard InChI is InChI=1S/C15H10N2/c1-2-4-12(5-3-1)6-7-13-8-10-16-15-14(13)9-11-17-15/h1-5,8-11H,(H,16,17). The largest absolute Gasteiger partial charge is 0.346 e. The van der Waals surface area contributed by atoms with Crippen molar-refractivity contribution in [1.82, 2.24) is 9.97 Å². The predicted molar refractivity (Wildman–Crippen MR) is 68.5 cm³/mol. The van der Waals surface area contributed by atoms with Crippen molar-refractivity contribution < 1.29 is 0 Å². The molecule has 3 aromatic rings. The van der Waals surface area contributed by atoms with Gasteiger partial charge in [0, 0.05) is 28.9 Å². The first-order valence-corrected chi connectivity index (χ1v) is 5.43. The lowest BCUT2D eigenvalue weighted by Crippen LogP contribution is -1.80. The zero-order chi connectivity index (χ0) is 11.5. The Morgan fingerprint density at radius 3 is 2.71 bits per heavy atom. The van der Waals surface area contributed by atoms with Crippen molar-refractivity contribution in [2.75, 3.05) is 0 Å². The maximum Gasteiger partial charge on any atom is 0.138 e. The molecule has 17 heavy (non-hydrogen) atoms. The quantitative estimate of drug-likeness (QED) is 0.577. The third-order valence-corrected chi connectivity index (χ3v) is 2.58. The van der Waals surface area contributed by atoms with Crippen LogP contribution in [0.3, 0.4) is 0 Å². The van der Waals surface area contributed by atoms with Crippen LogP contribution in [0.15, 0.2) is 54.9 Å². The first-order valence-electron chi connectivity index (χ1n) is 5.43. The Kier molecular flexibility index (Phi) is 2.36. The first kappa shape index (κ1) is 9.68. The number of fused-ring (bicyclic) bond motifs is 1. The number of benzene rings is 1. The zero-order valence-electron chi connectivity index (χ0n) is 9.14. The van der Waals surface area contributed by atoms with Crippen LogP contribution in [0.2, 0.25) is 0 Å². The highest BCUT2D eigenvalue weighted by Crippen LogP contribution is 2.13. The third-order valence-electron chi connectivity index (χ3n) is 2.58. The fraction of sp³-hybridized carbons (Fsp3) is 0. The van der Waals surface area contributed by atoms with Crippen LogP contribution in [0, 0.1) is 11.8 Å². The summed E-state index contributed by atoms with van der Waals surface area (Å²) in [5.41, 5.74) is 2.90. The summed E-state index contributed by atoms with van der Waals surface area (Å²) < 4.78 is 0. The summed E-state index contributed by atoms with van der Waals surface area (Å²) in [5, 5.41) is 1.07. The van der Waals surface area contributed by atoms with Crippen LogP contribution in [-0.4, -0.2) is 9.97 Å². The number of aromatic amines is 1. The van der Waals surface area contributed by atoms with Crippen molar-refractivity contribution in [3.63, 3.8) is 0 Å². The molecule has 0 saturated heterocycles. The van der Waals surface area contributed by atoms with Crippen LogP contribution in [0.1, 0.15) is 11.1 Å². The second-order valence-corrected chi connectivity index (χ2v) is 3.71. The molecule has 0 amide bonds. The lowest BCUT2D eigenvalue weighted by molar-refractivity contribution is 1.32. The summed E-state index contributed by atoms with van der Waals surface area (Å²) in [6.45, 7) is 0. The van der Waals surface area contributed by atoms with Gasteiger partial charge in [0.2, 0.25) is 0 Å². The maximum absolute atomic E-state index is 4.23. The van der Waals surface area contributed by atoms with E-state index in [1.165, 1.54) is 0 Å². The van der Waals surface area contributed by atoms with Gasteiger partial charge in [0.15, 0.2) is 0 Å². The minimum atomic E-state index is 0.880. The molecule has 1 aromatic carbocycles. The van der Waals surface area contributed by atoms with Gasteiger partial charge in [-0.25, -0.2) is 4.98 Å². The van der Waals surface area contributed by atoms with Crippen LogP contribution in [0.4, 0.5) is 0 Å². The highest BCUT2D eigenvalue weighted by molar-refractivity contribution is 5.82. The second kappa shape index (κ2) is 4.15. The van der Waals surface area contributed by atoms with E-state index in [1.807, 2.05) is 48.7 Å². The fourth-order valence-electron chi connectivity index (χ4n) is 1.73. The lowest BCUT2D eigenvalue weighted by atomic mass is 10.1. The molecule has 0 radical (unpaired) electrons. The highest BCUT2D eigenvalue weighted by atomic mass is 14.8. The number of H-pyrrole nitrogens is 1. The molecule has 2 aromatic heterocycles. The van der Waals surface area contributed by atoms with E-state index in [9.17, 15) is 0 Å². The molecule has 0 unspecified atom stereocenters. The van der Waals surface area contributed by atoms with Gasteiger partial charge >= 0.3 is 0 Å². The molecule has 80 valence electrons. The summed E-state index contributed by atoms with van der Waals surface area (Å²) in [7, 11) is 0. The van der Waals surface area contributed by atoms with Gasteiger partial charge in [-0.05, 0) is 24.3 Å². The number of nitrogens with zero attached hydrogens (tertiary/aromatic N) is 1. The molecule has 0 aliphatic heterocycles. The van der Waals surface area contributed by atoms with Gasteiger partial charge in [0.05, 0.1) is 0 Å². The van der Waals surface area contributed by atoms with Gasteiger partial charge in [-0.15, -0.1) is 0 Å². The van der Waals surface area contributed by atoms with Crippen molar-refractivity contribution in [3.05, 3.63) is 66.0 Å². The molecule has 0 spiro atoms. The van der Waals surface area contributed by atoms with Gasteiger partial charge in [-0.3, -0.25) is 0 Å². The fourth-order valence-corrected chi connectivity index (χ4v) is 1.73. The van der Waals surface area contributed by atoms with E-state index in [2.05, 4.69) is 21.8 Å². The molecule has 0 aliphatic rings. The molecule has 2 nitrogen and oxygen atoms in total. The van der Waals surface area contributed by atoms with Gasteiger partial charge in [0.1, 0.15) is 5.65 Å². The van der Waals surface area contributed by atoms with Crippen LogP contribution in [0.5, 0.6) is 0 Å². The summed E-state index contributed by atoms with van der Waals surface area (Å²) in [4.78, 5) is 7.31. The Morgan fingerprint density at radius 1 is 0.941 bits per heavy atom. The molecule has 0 fully saturated rings. The Balaban J connectivity index is 2.06. The number of aromatic nitrogens is 2. The monoisotopic (exact) mass is 218 g/mol. The predicted octanol–water partition coefficient (Wildman–Crippen LogP) is 2.96. The van der Waals surface area contributed by atoms with Crippen molar-refractivity contribution in [1.29, 1.82) is 0 Å². The first-order chi connectivity index (χ1) is 8.43. The Labute approximate surface area is 99.3 Å². The van der Waals surface area contributed by atoms with E-state index in [0.717, 1.165) is 22.2 Å². The molecule has 1 N–H and O–H groups in total. The summed E-state index contributed by atoms with van der Waals surface area (Å²) in [6, 6.07) is 13.9. The van der Waals surface area contributed by atoms with E-state index in [0.29, 0.717) is 0 Å². The van der Waals surface area contributed by atoms with Crippen molar-refractivity contribution in [2.24, 2.45) is 0 Å². The summed E-state index contributed by atoms with van der Waals surface area (Å²) in [6.07, 6.45) is 3.65. The van der Waals surface area contributed by atoms with Crippen LogP contribution in [-0.2, 0) is 0 Å². The molecule has 3 rings (SSSR count). The lowest BCUT2D eigenvalue weighted by Gasteiger charge is -1.92. The smallest absolute Gasteiger partial charge is 0.138 e. The molecule has 0 atom stereocenters. The van der Waals surface area contributed by atoms with E-state index in [4.69, 9.17) is 0 Å². The average Bonchev–Trinajstić information content (AvgIpc) is 2.86. The second-order valence-electron chi connectivity index (χ2n) is 3.71. The number of rotatable bonds is 0. The molecule has 0 saturated carbocycles.